The molecule has 3 rings (SSSR count). The number of nitrogens with one attached hydrogen (secondary N) is 2. The molecule has 0 fully saturated rings. The fourth-order valence-corrected chi connectivity index (χ4v) is 4.46. The minimum atomic E-state index is -3.67. The number of aliphatic hydroxyl groups is 2. The molecule has 0 bridgehead atoms. The Kier molecular flexibility index (Phi) is 10.8. The second kappa shape index (κ2) is 14.1. The van der Waals surface area contributed by atoms with Crippen molar-refractivity contribution in [2.45, 2.75) is 56.9 Å². The van der Waals surface area contributed by atoms with Crippen molar-refractivity contribution in [1.82, 2.24) is 15.6 Å². The van der Waals surface area contributed by atoms with Gasteiger partial charge >= 0.3 is 6.01 Å². The molecule has 0 aliphatic carbocycles. The molecule has 0 aliphatic rings. The lowest BCUT2D eigenvalue weighted by Crippen LogP contribution is -2.56. The predicted molar refractivity (Wildman–Crippen MR) is 150 cm³/mol. The van der Waals surface area contributed by atoms with Crippen LogP contribution in [0.2, 0.25) is 0 Å². The number of rotatable bonds is 14. The Balaban J connectivity index is 1.83. The van der Waals surface area contributed by atoms with E-state index < -0.39 is 40.2 Å². The van der Waals surface area contributed by atoms with Crippen molar-refractivity contribution in [2.24, 2.45) is 0 Å². The number of carbonyl (C=O) groups is 2. The summed E-state index contributed by atoms with van der Waals surface area (Å²) < 4.78 is 29.5. The van der Waals surface area contributed by atoms with Crippen LogP contribution >= 0.6 is 0 Å². The van der Waals surface area contributed by atoms with Gasteiger partial charge in [-0.3, -0.25) is 9.59 Å². The first kappa shape index (κ1) is 30.8. The third-order valence-electron chi connectivity index (χ3n) is 6.50. The minimum absolute atomic E-state index is 0.159. The Morgan fingerprint density at radius 3 is 2.12 bits per heavy atom. The van der Waals surface area contributed by atoms with Gasteiger partial charge in [-0.15, -0.1) is 0 Å². The van der Waals surface area contributed by atoms with E-state index >= 15 is 0 Å². The van der Waals surface area contributed by atoms with Crippen molar-refractivity contribution in [1.29, 1.82) is 0 Å². The van der Waals surface area contributed by atoms with Crippen LogP contribution < -0.4 is 14.9 Å². The largest absolute Gasteiger partial charge is 0.430 e. The van der Waals surface area contributed by atoms with Crippen LogP contribution in [-0.4, -0.2) is 73.0 Å². The van der Waals surface area contributed by atoms with Gasteiger partial charge in [0.25, 0.3) is 11.8 Å². The Labute approximate surface area is 234 Å². The highest BCUT2D eigenvalue weighted by atomic mass is 32.2. The van der Waals surface area contributed by atoms with Gasteiger partial charge in [-0.25, -0.2) is 12.7 Å². The molecule has 4 N–H and O–H groups in total. The number of oxazole rings is 1. The number of aliphatic hydroxyl groups excluding tert-OH is 2. The van der Waals surface area contributed by atoms with Crippen LogP contribution in [-0.2, 0) is 16.4 Å². The third-order valence-corrected chi connectivity index (χ3v) is 7.65. The van der Waals surface area contributed by atoms with Crippen molar-refractivity contribution in [3.63, 3.8) is 0 Å². The van der Waals surface area contributed by atoms with Gasteiger partial charge in [0.05, 0.1) is 18.3 Å². The van der Waals surface area contributed by atoms with Crippen LogP contribution in [0.4, 0.5) is 6.01 Å². The average molecular weight is 573 g/mol. The number of sulfonamides is 1. The molecule has 0 spiro atoms. The number of aromatic nitrogens is 1. The summed E-state index contributed by atoms with van der Waals surface area (Å²) in [6.07, 6.45) is 1.14. The quantitative estimate of drug-likeness (QED) is 0.228. The first-order valence-electron chi connectivity index (χ1n) is 13.0. The molecule has 40 heavy (non-hydrogen) atoms. The highest BCUT2D eigenvalue weighted by Crippen LogP contribution is 2.18. The smallest absolute Gasteiger partial charge is 0.311 e. The van der Waals surface area contributed by atoms with Crippen LogP contribution in [0.15, 0.2) is 71.3 Å². The summed E-state index contributed by atoms with van der Waals surface area (Å²) in [7, 11) is -2.43. The van der Waals surface area contributed by atoms with Crippen molar-refractivity contribution in [3.8, 4) is 0 Å². The molecule has 1 heterocycles. The maximum Gasteiger partial charge on any atom is 0.311 e. The second-order valence-corrected chi connectivity index (χ2v) is 11.6. The number of amides is 2. The van der Waals surface area contributed by atoms with Gasteiger partial charge < -0.3 is 25.3 Å². The molecule has 4 atom stereocenters. The van der Waals surface area contributed by atoms with E-state index in [1.54, 1.807) is 30.3 Å². The molecule has 2 amide bonds. The molecule has 3 aromatic rings. The fourth-order valence-electron chi connectivity index (χ4n) is 4.09. The van der Waals surface area contributed by atoms with E-state index in [1.165, 1.54) is 7.05 Å². The van der Waals surface area contributed by atoms with E-state index in [-0.39, 0.29) is 24.0 Å². The van der Waals surface area contributed by atoms with Gasteiger partial charge in [-0.2, -0.15) is 4.98 Å². The number of hydrogen-bond donors (Lipinski definition) is 4. The maximum atomic E-state index is 13.1. The second-order valence-electron chi connectivity index (χ2n) is 9.58. The highest BCUT2D eigenvalue weighted by molar-refractivity contribution is 7.92. The molecule has 216 valence electrons. The molecule has 2 aromatic carbocycles. The van der Waals surface area contributed by atoms with Gasteiger partial charge in [0.1, 0.15) is 18.5 Å². The lowest BCUT2D eigenvalue weighted by Gasteiger charge is -2.33. The van der Waals surface area contributed by atoms with Crippen LogP contribution in [0.3, 0.4) is 0 Å². The summed E-state index contributed by atoms with van der Waals surface area (Å²) >= 11 is 0. The summed E-state index contributed by atoms with van der Waals surface area (Å²) in [5.41, 5.74) is 1.00. The maximum absolute atomic E-state index is 13.1. The summed E-state index contributed by atoms with van der Waals surface area (Å²) in [6.45, 7) is 1.98. The van der Waals surface area contributed by atoms with Gasteiger partial charge in [-0.05, 0) is 30.5 Å². The van der Waals surface area contributed by atoms with Gasteiger partial charge in [0.2, 0.25) is 10.0 Å². The van der Waals surface area contributed by atoms with Gasteiger partial charge in [-0.1, -0.05) is 68.3 Å². The first-order valence-corrected chi connectivity index (χ1v) is 14.8. The monoisotopic (exact) mass is 572 g/mol. The van der Waals surface area contributed by atoms with Crippen molar-refractivity contribution in [2.75, 3.05) is 17.6 Å². The van der Waals surface area contributed by atoms with E-state index in [0.717, 1.165) is 28.8 Å². The minimum Gasteiger partial charge on any atom is -0.430 e. The number of hydrogen-bond acceptors (Lipinski definition) is 8. The standard InChI is InChI=1S/C28H36N4O7S/c1-4-5-16-21(29-26(35)20-14-10-7-11-15-20)24(33)25(34)22(17-19-12-8-6-9-13-19)30-27(36)23-18-39-28(31-23)32(2)40(3,37)38/h6-15,18,21-22,24-25,33-34H,4-5,16-17H2,1-3H3,(H,29,35)(H,30,36)/t21-,22+,24-,25-/m1/s1. The Morgan fingerprint density at radius 2 is 1.52 bits per heavy atom. The van der Waals surface area contributed by atoms with Crippen molar-refractivity contribution in [3.05, 3.63) is 83.7 Å². The Bertz CT molecular complexity index is 1350. The molecule has 0 saturated carbocycles. The van der Waals surface area contributed by atoms with Crippen molar-refractivity contribution < 1.29 is 32.6 Å². The topological polar surface area (TPSA) is 162 Å². The SMILES string of the molecule is CCCC[C@@H](NC(=O)c1ccccc1)[C@@H](O)[C@H](O)[C@H](Cc1ccccc1)NC(=O)c1coc(N(C)S(C)(=O)=O)n1. The molecular weight excluding hydrogens is 536 g/mol. The van der Waals surface area contributed by atoms with Crippen LogP contribution in [0.25, 0.3) is 0 Å². The number of anilines is 1. The number of nitrogens with zero attached hydrogens (tertiary/aromatic N) is 2. The molecule has 1 aromatic heterocycles. The number of unbranched alkanes of at least 4 members (excludes halogenated alkanes) is 1. The van der Waals surface area contributed by atoms with Gasteiger partial charge in [0, 0.05) is 12.6 Å². The van der Waals surface area contributed by atoms with Crippen molar-refractivity contribution >= 4 is 27.9 Å². The molecular formula is C28H36N4O7S. The summed E-state index contributed by atoms with van der Waals surface area (Å²) in [5.74, 6) is -1.12. The molecule has 0 unspecified atom stereocenters. The molecule has 0 aliphatic heterocycles. The molecule has 0 saturated heterocycles. The fraction of sp³-hybridized carbons (Fsp3) is 0.393. The summed E-state index contributed by atoms with van der Waals surface area (Å²) in [5, 5.41) is 28.1. The van der Waals surface area contributed by atoms with Crippen LogP contribution in [0.1, 0.15) is 52.6 Å². The third kappa shape index (κ3) is 8.38. The molecule has 0 radical (unpaired) electrons. The Morgan fingerprint density at radius 1 is 0.950 bits per heavy atom. The lowest BCUT2D eigenvalue weighted by atomic mass is 9.91. The van der Waals surface area contributed by atoms with Crippen LogP contribution in [0, 0.1) is 0 Å². The molecule has 12 heteroatoms. The average Bonchev–Trinajstić information content (AvgIpc) is 3.44. The van der Waals surface area contributed by atoms with E-state index in [0.29, 0.717) is 18.4 Å². The number of benzene rings is 2. The lowest BCUT2D eigenvalue weighted by molar-refractivity contribution is -0.0238. The predicted octanol–water partition coefficient (Wildman–Crippen LogP) is 2.12. The first-order chi connectivity index (χ1) is 19.0. The normalized spacial score (nSPS) is 14.5. The number of carbonyl (C=O) groups excluding carboxylic acids is 2. The summed E-state index contributed by atoms with van der Waals surface area (Å²) in [4.78, 5) is 29.9. The van der Waals surface area contributed by atoms with E-state index in [9.17, 15) is 28.2 Å². The van der Waals surface area contributed by atoms with E-state index in [1.807, 2.05) is 37.3 Å². The van der Waals surface area contributed by atoms with E-state index in [4.69, 9.17) is 4.42 Å². The highest BCUT2D eigenvalue weighted by Gasteiger charge is 2.35. The Hall–Kier alpha value is -3.74. The van der Waals surface area contributed by atoms with Crippen LogP contribution in [0.5, 0.6) is 0 Å². The zero-order valence-electron chi connectivity index (χ0n) is 22.7. The zero-order chi connectivity index (χ0) is 29.3. The van der Waals surface area contributed by atoms with Gasteiger partial charge in [0.15, 0.2) is 5.69 Å². The zero-order valence-corrected chi connectivity index (χ0v) is 23.5. The summed E-state index contributed by atoms with van der Waals surface area (Å²) in [6, 6.07) is 15.6. The van der Waals surface area contributed by atoms with E-state index in [2.05, 4.69) is 15.6 Å². The molecule has 11 nitrogen and oxygen atoms in total.